The molecular formula is C35H48ClIN6O10S. The molecule has 0 saturated heterocycles. The summed E-state index contributed by atoms with van der Waals surface area (Å²) in [7, 11) is 1.89. The van der Waals surface area contributed by atoms with E-state index in [0.717, 1.165) is 22.5 Å². The number of amides is 2. The van der Waals surface area contributed by atoms with Crippen molar-refractivity contribution >= 4 is 57.9 Å². The summed E-state index contributed by atoms with van der Waals surface area (Å²) in [4.78, 5) is 58.7. The zero-order valence-corrected chi connectivity index (χ0v) is 35.7. The lowest BCUT2D eigenvalue weighted by Gasteiger charge is -2.23. The van der Waals surface area contributed by atoms with Crippen LogP contribution in [0.3, 0.4) is 0 Å². The van der Waals surface area contributed by atoms with Gasteiger partial charge in [0.25, 0.3) is 6.10 Å². The largest absolute Gasteiger partial charge is 1.00 e. The highest BCUT2D eigenvalue weighted by Gasteiger charge is 2.30. The highest BCUT2D eigenvalue weighted by molar-refractivity contribution is 7.14. The van der Waals surface area contributed by atoms with Gasteiger partial charge in [-0.3, -0.25) is 5.32 Å². The second kappa shape index (κ2) is 19.4. The third kappa shape index (κ3) is 15.7. The Labute approximate surface area is 340 Å². The van der Waals surface area contributed by atoms with Crippen molar-refractivity contribution in [2.75, 3.05) is 18.5 Å². The first-order chi connectivity index (χ1) is 24.5. The number of rotatable bonds is 14. The standard InChI is InChI=1S/C35H47ClN6O10S.HI/c1-33(2,3)49-29(45)26(52-40-27(28(43)44)25-20-53-30(38-25)39-32(47)51-35(7,8)9)19-48-22-12-13-23(24(36)16-22)21-17-41(10)42(18-21)15-11-14-37-31(46)50-34(4,5)6;/h12-13,16-18,20,26H,11,14-15,19H2,1-10H3,(H2-,37,38,39,43,44,46,47);1H. The quantitative estimate of drug-likeness (QED) is 0.0410. The zero-order valence-electron chi connectivity index (χ0n) is 31.9. The van der Waals surface area contributed by atoms with E-state index in [0.29, 0.717) is 30.3 Å². The number of hydrogen-bond donors (Lipinski definition) is 3. The van der Waals surface area contributed by atoms with Crippen LogP contribution in [0.4, 0.5) is 14.7 Å². The van der Waals surface area contributed by atoms with E-state index in [1.54, 1.807) is 80.5 Å². The summed E-state index contributed by atoms with van der Waals surface area (Å²) in [6.45, 7) is 16.1. The number of anilines is 1. The molecule has 2 aromatic heterocycles. The number of carboxylic acid groups (broad SMARTS) is 1. The van der Waals surface area contributed by atoms with Gasteiger partial charge >= 0.3 is 24.1 Å². The lowest BCUT2D eigenvalue weighted by molar-refractivity contribution is -0.753. The number of hydrogen-bond acceptors (Lipinski definition) is 12. The van der Waals surface area contributed by atoms with Crippen LogP contribution in [0, 0.1) is 0 Å². The van der Waals surface area contributed by atoms with Crippen LogP contribution < -0.4 is 44.0 Å². The SMILES string of the molecule is C[n+]1cc(-c2ccc(OCC(ON=C(C(=O)O)c3csc(NC(=O)OC(C)(C)C)n3)C(=O)OC(C)(C)C)cc2Cl)cn1CCCNC(=O)OC(C)(C)C.[I-]. The summed E-state index contributed by atoms with van der Waals surface area (Å²) in [5.41, 5.74) is -1.42. The molecule has 1 atom stereocenters. The molecule has 298 valence electrons. The Morgan fingerprint density at radius 1 is 1.00 bits per heavy atom. The van der Waals surface area contributed by atoms with E-state index in [1.165, 1.54) is 5.38 Å². The zero-order chi connectivity index (χ0) is 39.7. The number of carbonyl (C=O) groups is 4. The lowest BCUT2D eigenvalue weighted by Crippen LogP contribution is -3.00. The van der Waals surface area contributed by atoms with Crippen LogP contribution in [0.15, 0.2) is 41.1 Å². The molecule has 2 amide bonds. The van der Waals surface area contributed by atoms with Crippen molar-refractivity contribution in [1.82, 2.24) is 15.0 Å². The fourth-order valence-electron chi connectivity index (χ4n) is 4.31. The molecule has 3 rings (SSSR count). The third-order valence-corrected chi connectivity index (χ3v) is 7.47. The van der Waals surface area contributed by atoms with Crippen molar-refractivity contribution < 1.29 is 76.7 Å². The maximum atomic E-state index is 13.1. The Morgan fingerprint density at radius 3 is 2.22 bits per heavy atom. The first-order valence-corrected chi connectivity index (χ1v) is 17.9. The van der Waals surface area contributed by atoms with E-state index in [-0.39, 0.29) is 34.8 Å². The van der Waals surface area contributed by atoms with Gasteiger partial charge in [0.1, 0.15) is 34.9 Å². The van der Waals surface area contributed by atoms with Gasteiger partial charge in [-0.1, -0.05) is 16.8 Å². The molecule has 0 bridgehead atoms. The number of nitrogens with one attached hydrogen (secondary N) is 2. The van der Waals surface area contributed by atoms with E-state index in [1.807, 2.05) is 28.8 Å². The van der Waals surface area contributed by atoms with Crippen LogP contribution in [0.2, 0.25) is 5.02 Å². The second-order valence-corrected chi connectivity index (χ2v) is 16.0. The number of ether oxygens (including phenoxy) is 4. The number of aryl methyl sites for hydroxylation is 2. The molecular weight excluding hydrogens is 859 g/mol. The number of oxime groups is 1. The van der Waals surface area contributed by atoms with E-state index >= 15 is 0 Å². The van der Waals surface area contributed by atoms with Crippen molar-refractivity contribution in [3.63, 3.8) is 0 Å². The average Bonchev–Trinajstić information content (AvgIpc) is 3.59. The van der Waals surface area contributed by atoms with Gasteiger partial charge < -0.3 is 58.2 Å². The number of alkyl carbamates (subject to hydrolysis) is 1. The molecule has 0 saturated carbocycles. The highest BCUT2D eigenvalue weighted by Crippen LogP contribution is 2.31. The van der Waals surface area contributed by atoms with E-state index in [4.69, 9.17) is 35.4 Å². The van der Waals surface area contributed by atoms with Gasteiger partial charge in [-0.25, -0.2) is 24.2 Å². The second-order valence-electron chi connectivity index (χ2n) is 14.7. The van der Waals surface area contributed by atoms with Crippen molar-refractivity contribution in [2.45, 2.75) is 98.2 Å². The average molecular weight is 907 g/mol. The molecule has 0 spiro atoms. The van der Waals surface area contributed by atoms with Crippen molar-refractivity contribution in [3.05, 3.63) is 46.7 Å². The molecule has 0 radical (unpaired) electrons. The predicted molar refractivity (Wildman–Crippen MR) is 197 cm³/mol. The number of aromatic nitrogens is 3. The molecule has 3 N–H and O–H groups in total. The minimum absolute atomic E-state index is 0. The Hall–Kier alpha value is -4.17. The van der Waals surface area contributed by atoms with Crippen molar-refractivity contribution in [2.24, 2.45) is 12.2 Å². The predicted octanol–water partition coefficient (Wildman–Crippen LogP) is 2.95. The number of halogens is 2. The van der Waals surface area contributed by atoms with E-state index in [2.05, 4.69) is 20.8 Å². The smallest absolute Gasteiger partial charge is 0.413 e. The van der Waals surface area contributed by atoms with E-state index in [9.17, 15) is 24.3 Å². The van der Waals surface area contributed by atoms with Gasteiger partial charge in [0.2, 0.25) is 11.9 Å². The summed E-state index contributed by atoms with van der Waals surface area (Å²) >= 11 is 7.61. The third-order valence-electron chi connectivity index (χ3n) is 6.40. The minimum atomic E-state index is -1.50. The number of aliphatic carboxylic acids is 1. The Morgan fingerprint density at radius 2 is 1.63 bits per heavy atom. The maximum absolute atomic E-state index is 13.1. The van der Waals surface area contributed by atoms with Gasteiger partial charge in [0, 0.05) is 17.5 Å². The summed E-state index contributed by atoms with van der Waals surface area (Å²) in [6, 6.07) is 5.00. The van der Waals surface area contributed by atoms with Gasteiger partial charge in [-0.05, 0) is 86.9 Å². The monoisotopic (exact) mass is 906 g/mol. The molecule has 0 aliphatic heterocycles. The van der Waals surface area contributed by atoms with Crippen LogP contribution in [-0.4, -0.2) is 80.7 Å². The van der Waals surface area contributed by atoms with Crippen LogP contribution in [0.25, 0.3) is 11.1 Å². The molecule has 16 nitrogen and oxygen atoms in total. The van der Waals surface area contributed by atoms with Crippen LogP contribution in [0.5, 0.6) is 5.75 Å². The maximum Gasteiger partial charge on any atom is 0.413 e. The fraction of sp³-hybridized carbons (Fsp3) is 0.514. The van der Waals surface area contributed by atoms with Gasteiger partial charge in [0.05, 0.1) is 23.3 Å². The number of carboxylic acids is 1. The number of benzene rings is 1. The van der Waals surface area contributed by atoms with Crippen molar-refractivity contribution in [1.29, 1.82) is 0 Å². The molecule has 19 heteroatoms. The van der Waals surface area contributed by atoms with Crippen LogP contribution in [0.1, 0.15) is 74.4 Å². The van der Waals surface area contributed by atoms with Crippen LogP contribution in [-0.2, 0) is 42.2 Å². The summed E-state index contributed by atoms with van der Waals surface area (Å²) < 4.78 is 25.7. The highest BCUT2D eigenvalue weighted by atomic mass is 127. The Balaban J connectivity index is 0.0000101. The van der Waals surface area contributed by atoms with Gasteiger partial charge in [-0.15, -0.1) is 16.0 Å². The van der Waals surface area contributed by atoms with Crippen LogP contribution >= 0.6 is 22.9 Å². The Bertz CT molecular complexity index is 1810. The van der Waals surface area contributed by atoms with E-state index < -0.39 is 59.4 Å². The number of thiazole rings is 1. The molecule has 54 heavy (non-hydrogen) atoms. The summed E-state index contributed by atoms with van der Waals surface area (Å²) in [5.74, 6) is -2.05. The molecule has 2 heterocycles. The first kappa shape index (κ1) is 46.0. The molecule has 0 fully saturated rings. The number of carbonyl (C=O) groups excluding carboxylic acids is 3. The van der Waals surface area contributed by atoms with Gasteiger partial charge in [-0.2, -0.15) is 4.68 Å². The lowest BCUT2D eigenvalue weighted by atomic mass is 10.1. The Kier molecular flexibility index (Phi) is 16.5. The van der Waals surface area contributed by atoms with Gasteiger partial charge in [0.15, 0.2) is 12.2 Å². The number of esters is 1. The summed E-state index contributed by atoms with van der Waals surface area (Å²) in [6.07, 6.45) is 1.78. The molecule has 3 aromatic rings. The summed E-state index contributed by atoms with van der Waals surface area (Å²) in [5, 5.41) is 20.5. The topological polar surface area (TPSA) is 193 Å². The fourth-order valence-corrected chi connectivity index (χ4v) is 5.27. The minimum Gasteiger partial charge on any atom is -1.00 e. The molecule has 0 aliphatic rings. The first-order valence-electron chi connectivity index (χ1n) is 16.6. The normalized spacial score (nSPS) is 12.5. The molecule has 1 unspecified atom stereocenters. The van der Waals surface area contributed by atoms with Crippen molar-refractivity contribution in [3.8, 4) is 16.9 Å². The number of nitrogens with zero attached hydrogens (tertiary/aromatic N) is 4. The molecule has 0 aliphatic carbocycles. The molecule has 1 aromatic carbocycles.